The van der Waals surface area contributed by atoms with Crippen molar-refractivity contribution in [1.82, 2.24) is 4.98 Å². The molecule has 1 aromatic heterocycles. The molecule has 3 heteroatoms. The van der Waals surface area contributed by atoms with Crippen LogP contribution in [-0.2, 0) is 6.42 Å². The second kappa shape index (κ2) is 5.47. The maximum absolute atomic E-state index is 9.44. The lowest BCUT2D eigenvalue weighted by atomic mass is 10.1. The Morgan fingerprint density at radius 3 is 2.65 bits per heavy atom. The van der Waals surface area contributed by atoms with Crippen LogP contribution in [0, 0.1) is 6.92 Å². The Balaban J connectivity index is 1.84. The smallest absolute Gasteiger partial charge is 0.115 e. The Kier molecular flexibility index (Phi) is 3.52. The largest absolute Gasteiger partial charge is 0.508 e. The molecule has 0 unspecified atom stereocenters. The zero-order valence-electron chi connectivity index (χ0n) is 11.2. The first kappa shape index (κ1) is 12.9. The van der Waals surface area contributed by atoms with Crippen LogP contribution in [0.25, 0.3) is 11.3 Å². The summed E-state index contributed by atoms with van der Waals surface area (Å²) in [6.07, 6.45) is 0.809. The Hall–Kier alpha value is -2.13. The molecule has 0 radical (unpaired) electrons. The molecule has 0 aliphatic rings. The van der Waals surface area contributed by atoms with Crippen molar-refractivity contribution in [3.63, 3.8) is 0 Å². The molecule has 3 rings (SSSR count). The number of aromatic nitrogens is 1. The van der Waals surface area contributed by atoms with E-state index < -0.39 is 0 Å². The van der Waals surface area contributed by atoms with Crippen molar-refractivity contribution in [1.29, 1.82) is 0 Å². The van der Waals surface area contributed by atoms with E-state index in [9.17, 15) is 5.11 Å². The van der Waals surface area contributed by atoms with Crippen LogP contribution in [0.15, 0.2) is 53.9 Å². The Morgan fingerprint density at radius 2 is 1.90 bits per heavy atom. The van der Waals surface area contributed by atoms with Crippen molar-refractivity contribution in [3.8, 4) is 17.0 Å². The number of phenolic OH excluding ortho intramolecular Hbond substituents is 1. The lowest BCUT2D eigenvalue weighted by molar-refractivity contribution is 0.474. The first-order valence-electron chi connectivity index (χ1n) is 6.51. The predicted octanol–water partition coefficient (Wildman–Crippen LogP) is 4.41. The van der Waals surface area contributed by atoms with Crippen LogP contribution in [0.1, 0.15) is 16.1 Å². The lowest BCUT2D eigenvalue weighted by Gasteiger charge is -2.04. The third kappa shape index (κ3) is 2.73. The van der Waals surface area contributed by atoms with Crippen LogP contribution >= 0.6 is 11.3 Å². The molecule has 20 heavy (non-hydrogen) atoms. The average Bonchev–Trinajstić information content (AvgIpc) is 2.92. The van der Waals surface area contributed by atoms with Gasteiger partial charge < -0.3 is 5.11 Å². The minimum Gasteiger partial charge on any atom is -0.508 e. The highest BCUT2D eigenvalue weighted by Gasteiger charge is 2.07. The number of hydrogen-bond acceptors (Lipinski definition) is 3. The molecule has 0 amide bonds. The predicted molar refractivity (Wildman–Crippen MR) is 83.2 cm³/mol. The summed E-state index contributed by atoms with van der Waals surface area (Å²) in [5.74, 6) is 0.315. The highest BCUT2D eigenvalue weighted by molar-refractivity contribution is 7.10. The molecule has 0 spiro atoms. The summed E-state index contributed by atoms with van der Waals surface area (Å²) < 4.78 is 0. The number of thiazole rings is 1. The van der Waals surface area contributed by atoms with Crippen LogP contribution in [0.4, 0.5) is 0 Å². The van der Waals surface area contributed by atoms with Gasteiger partial charge >= 0.3 is 0 Å². The maximum atomic E-state index is 9.44. The third-order valence-electron chi connectivity index (χ3n) is 3.29. The molecular weight excluding hydrogens is 266 g/mol. The van der Waals surface area contributed by atoms with E-state index in [-0.39, 0.29) is 0 Å². The molecule has 0 fully saturated rings. The lowest BCUT2D eigenvalue weighted by Crippen LogP contribution is -1.91. The van der Waals surface area contributed by atoms with Gasteiger partial charge in [-0.2, -0.15) is 0 Å². The summed E-state index contributed by atoms with van der Waals surface area (Å²) in [6, 6.07) is 15.7. The number of nitrogens with zero attached hydrogens (tertiary/aromatic N) is 1. The fraction of sp³-hybridized carbons (Fsp3) is 0.118. The van der Waals surface area contributed by atoms with Gasteiger partial charge in [0.2, 0.25) is 0 Å². The van der Waals surface area contributed by atoms with Gasteiger partial charge in [-0.05, 0) is 30.2 Å². The SMILES string of the molecule is Cc1cc(O)ccc1Cc1nc(-c2ccccc2)cs1. The van der Waals surface area contributed by atoms with Gasteiger partial charge in [-0.1, -0.05) is 36.4 Å². The minimum absolute atomic E-state index is 0.315. The van der Waals surface area contributed by atoms with Crippen LogP contribution in [0.3, 0.4) is 0 Å². The molecule has 0 atom stereocenters. The molecule has 2 aromatic carbocycles. The molecule has 2 nitrogen and oxygen atoms in total. The summed E-state index contributed by atoms with van der Waals surface area (Å²) in [6.45, 7) is 2.01. The molecule has 3 aromatic rings. The molecule has 0 saturated carbocycles. The first-order chi connectivity index (χ1) is 9.72. The first-order valence-corrected chi connectivity index (χ1v) is 7.38. The zero-order valence-corrected chi connectivity index (χ0v) is 12.0. The van der Waals surface area contributed by atoms with E-state index in [4.69, 9.17) is 4.98 Å². The van der Waals surface area contributed by atoms with Gasteiger partial charge in [0.05, 0.1) is 10.7 Å². The van der Waals surface area contributed by atoms with Crippen molar-refractivity contribution in [3.05, 3.63) is 70.0 Å². The van der Waals surface area contributed by atoms with E-state index in [1.165, 1.54) is 5.56 Å². The molecule has 0 bridgehead atoms. The standard InChI is InChI=1S/C17H15NOS/c1-12-9-15(19)8-7-14(12)10-17-18-16(11-20-17)13-5-3-2-4-6-13/h2-9,11,19H,10H2,1H3. The second-order valence-corrected chi connectivity index (χ2v) is 5.72. The molecule has 0 saturated heterocycles. The van der Waals surface area contributed by atoms with Gasteiger partial charge in [0.15, 0.2) is 0 Å². The van der Waals surface area contributed by atoms with Crippen molar-refractivity contribution < 1.29 is 5.11 Å². The van der Waals surface area contributed by atoms with Gasteiger partial charge in [0.1, 0.15) is 5.75 Å². The van der Waals surface area contributed by atoms with Gasteiger partial charge in [0.25, 0.3) is 0 Å². The van der Waals surface area contributed by atoms with Crippen LogP contribution in [-0.4, -0.2) is 10.1 Å². The van der Waals surface area contributed by atoms with Gasteiger partial charge in [-0.25, -0.2) is 4.98 Å². The van der Waals surface area contributed by atoms with Crippen molar-refractivity contribution in [2.75, 3.05) is 0 Å². The number of aromatic hydroxyl groups is 1. The zero-order chi connectivity index (χ0) is 13.9. The topological polar surface area (TPSA) is 33.1 Å². The van der Waals surface area contributed by atoms with Crippen LogP contribution < -0.4 is 0 Å². The summed E-state index contributed by atoms with van der Waals surface area (Å²) in [4.78, 5) is 4.70. The molecule has 100 valence electrons. The monoisotopic (exact) mass is 281 g/mol. The summed E-state index contributed by atoms with van der Waals surface area (Å²) >= 11 is 1.68. The van der Waals surface area contributed by atoms with E-state index >= 15 is 0 Å². The fourth-order valence-electron chi connectivity index (χ4n) is 2.17. The summed E-state index contributed by atoms with van der Waals surface area (Å²) in [5, 5.41) is 12.6. The van der Waals surface area contributed by atoms with Gasteiger partial charge in [0, 0.05) is 17.4 Å². The summed E-state index contributed by atoms with van der Waals surface area (Å²) in [5.41, 5.74) is 4.48. The quantitative estimate of drug-likeness (QED) is 0.771. The number of hydrogen-bond donors (Lipinski definition) is 1. The van der Waals surface area contributed by atoms with E-state index in [0.717, 1.165) is 28.2 Å². The van der Waals surface area contributed by atoms with Crippen molar-refractivity contribution in [2.24, 2.45) is 0 Å². The molecule has 1 heterocycles. The number of phenols is 1. The second-order valence-electron chi connectivity index (χ2n) is 4.78. The number of aryl methyl sites for hydroxylation is 1. The normalized spacial score (nSPS) is 10.7. The van der Waals surface area contributed by atoms with E-state index in [1.54, 1.807) is 23.5 Å². The van der Waals surface area contributed by atoms with E-state index in [2.05, 4.69) is 17.5 Å². The van der Waals surface area contributed by atoms with Gasteiger partial charge in [-0.15, -0.1) is 11.3 Å². The molecule has 0 aliphatic carbocycles. The van der Waals surface area contributed by atoms with Crippen molar-refractivity contribution in [2.45, 2.75) is 13.3 Å². The number of rotatable bonds is 3. The van der Waals surface area contributed by atoms with E-state index in [0.29, 0.717) is 5.75 Å². The number of benzene rings is 2. The van der Waals surface area contributed by atoms with Crippen molar-refractivity contribution >= 4 is 11.3 Å². The Labute approximate surface area is 122 Å². The molecular formula is C17H15NOS. The molecule has 0 aliphatic heterocycles. The Bertz CT molecular complexity index is 719. The average molecular weight is 281 g/mol. The van der Waals surface area contributed by atoms with E-state index in [1.807, 2.05) is 31.2 Å². The third-order valence-corrected chi connectivity index (χ3v) is 4.14. The van der Waals surface area contributed by atoms with Crippen LogP contribution in [0.2, 0.25) is 0 Å². The summed E-state index contributed by atoms with van der Waals surface area (Å²) in [7, 11) is 0. The minimum atomic E-state index is 0.315. The van der Waals surface area contributed by atoms with Crippen LogP contribution in [0.5, 0.6) is 5.75 Å². The molecule has 1 N–H and O–H groups in total. The highest BCUT2D eigenvalue weighted by Crippen LogP contribution is 2.25. The Morgan fingerprint density at radius 1 is 1.10 bits per heavy atom. The van der Waals surface area contributed by atoms with Gasteiger partial charge in [-0.3, -0.25) is 0 Å². The maximum Gasteiger partial charge on any atom is 0.115 e. The highest BCUT2D eigenvalue weighted by atomic mass is 32.1. The fourth-order valence-corrected chi connectivity index (χ4v) is 3.00.